The van der Waals surface area contributed by atoms with Gasteiger partial charge in [-0.1, -0.05) is 46.8 Å². The van der Waals surface area contributed by atoms with Gasteiger partial charge in [-0.25, -0.2) is 0 Å². The summed E-state index contributed by atoms with van der Waals surface area (Å²) in [6.07, 6.45) is 0. The smallest absolute Gasteiger partial charge is 0.144 e. The number of thiocarbonyl (C=S) groups is 1. The highest BCUT2D eigenvalue weighted by Gasteiger charge is 2.14. The Morgan fingerprint density at radius 3 is 2.55 bits per heavy atom. The first-order valence-corrected chi connectivity index (χ1v) is 6.55. The Kier molecular flexibility index (Phi) is 6.66. The molecular formula is C14H19N3O2S. The number of likely N-dealkylation sites (N-methyl/N-ethyl adjacent to an activating group) is 1. The SMILES string of the molecule is CNC(=S)/C(=N/OC)c1ccccc1CON=C(C)C. The summed E-state index contributed by atoms with van der Waals surface area (Å²) in [6, 6.07) is 7.70. The molecule has 1 aromatic carbocycles. The van der Waals surface area contributed by atoms with Crippen LogP contribution in [0.25, 0.3) is 0 Å². The van der Waals surface area contributed by atoms with E-state index >= 15 is 0 Å². The number of hydrogen-bond donors (Lipinski definition) is 1. The predicted octanol–water partition coefficient (Wildman–Crippen LogP) is 2.50. The first-order valence-electron chi connectivity index (χ1n) is 6.14. The van der Waals surface area contributed by atoms with E-state index < -0.39 is 0 Å². The summed E-state index contributed by atoms with van der Waals surface area (Å²) in [5, 5.41) is 10.8. The van der Waals surface area contributed by atoms with Crippen LogP contribution in [0.1, 0.15) is 25.0 Å². The zero-order valence-electron chi connectivity index (χ0n) is 12.1. The van der Waals surface area contributed by atoms with Crippen LogP contribution >= 0.6 is 12.2 Å². The van der Waals surface area contributed by atoms with Crippen LogP contribution in [0.15, 0.2) is 34.6 Å². The van der Waals surface area contributed by atoms with E-state index in [4.69, 9.17) is 21.9 Å². The van der Waals surface area contributed by atoms with Gasteiger partial charge in [-0.2, -0.15) is 0 Å². The molecule has 0 atom stereocenters. The van der Waals surface area contributed by atoms with Gasteiger partial charge in [0, 0.05) is 18.2 Å². The van der Waals surface area contributed by atoms with E-state index in [1.165, 1.54) is 7.11 Å². The second kappa shape index (κ2) is 8.27. The monoisotopic (exact) mass is 293 g/mol. The van der Waals surface area contributed by atoms with Crippen molar-refractivity contribution in [3.63, 3.8) is 0 Å². The van der Waals surface area contributed by atoms with E-state index in [1.807, 2.05) is 38.1 Å². The van der Waals surface area contributed by atoms with Gasteiger partial charge in [0.15, 0.2) is 0 Å². The first-order chi connectivity index (χ1) is 9.60. The van der Waals surface area contributed by atoms with Gasteiger partial charge in [0.1, 0.15) is 24.4 Å². The average Bonchev–Trinajstić information content (AvgIpc) is 2.44. The number of oxime groups is 2. The Bertz CT molecular complexity index is 523. The predicted molar refractivity (Wildman–Crippen MR) is 85.2 cm³/mol. The van der Waals surface area contributed by atoms with Gasteiger partial charge >= 0.3 is 0 Å². The molecule has 0 aromatic heterocycles. The van der Waals surface area contributed by atoms with E-state index in [0.717, 1.165) is 16.8 Å². The van der Waals surface area contributed by atoms with E-state index in [-0.39, 0.29) is 0 Å². The fraction of sp³-hybridized carbons (Fsp3) is 0.357. The molecular weight excluding hydrogens is 274 g/mol. The quantitative estimate of drug-likeness (QED) is 0.497. The average molecular weight is 293 g/mol. The van der Waals surface area contributed by atoms with Gasteiger partial charge in [-0.15, -0.1) is 0 Å². The van der Waals surface area contributed by atoms with Crippen LogP contribution in [-0.4, -0.2) is 30.6 Å². The van der Waals surface area contributed by atoms with Gasteiger partial charge in [-0.05, 0) is 13.8 Å². The Balaban J connectivity index is 3.07. The highest BCUT2D eigenvalue weighted by atomic mass is 32.1. The second-order valence-corrected chi connectivity index (χ2v) is 4.58. The lowest BCUT2D eigenvalue weighted by Gasteiger charge is -2.11. The minimum absolute atomic E-state index is 0.344. The van der Waals surface area contributed by atoms with Crippen LogP contribution in [0.3, 0.4) is 0 Å². The summed E-state index contributed by atoms with van der Waals surface area (Å²) in [6.45, 7) is 4.09. The maximum absolute atomic E-state index is 5.29. The summed E-state index contributed by atoms with van der Waals surface area (Å²) < 4.78 is 0. The fourth-order valence-corrected chi connectivity index (χ4v) is 1.68. The molecule has 108 valence electrons. The topological polar surface area (TPSA) is 55.2 Å². The third-order valence-electron chi connectivity index (χ3n) is 2.36. The third-order valence-corrected chi connectivity index (χ3v) is 2.76. The van der Waals surface area contributed by atoms with Crippen molar-refractivity contribution in [2.24, 2.45) is 10.3 Å². The molecule has 1 aromatic rings. The van der Waals surface area contributed by atoms with Gasteiger partial charge in [-0.3, -0.25) is 0 Å². The van der Waals surface area contributed by atoms with E-state index in [0.29, 0.717) is 17.3 Å². The number of hydrogen-bond acceptors (Lipinski definition) is 5. The molecule has 0 heterocycles. The van der Waals surface area contributed by atoms with Crippen LogP contribution in [0.2, 0.25) is 0 Å². The Hall–Kier alpha value is -1.95. The van der Waals surface area contributed by atoms with Crippen LogP contribution < -0.4 is 5.32 Å². The van der Waals surface area contributed by atoms with Crippen molar-refractivity contribution in [3.8, 4) is 0 Å². The number of benzene rings is 1. The summed E-state index contributed by atoms with van der Waals surface area (Å²) in [5.74, 6) is 0. The standard InChI is InChI=1S/C14H19N3O2S/c1-10(2)16-19-9-11-7-5-6-8-12(11)13(17-18-4)14(20)15-3/h5-8H,9H2,1-4H3,(H,15,20)/b17-13+. The zero-order valence-corrected chi connectivity index (χ0v) is 13.0. The van der Waals surface area contributed by atoms with Gasteiger partial charge in [0.2, 0.25) is 0 Å². The molecule has 0 fully saturated rings. The van der Waals surface area contributed by atoms with E-state index in [2.05, 4.69) is 15.6 Å². The Morgan fingerprint density at radius 2 is 1.95 bits per heavy atom. The maximum atomic E-state index is 5.29. The molecule has 0 aliphatic rings. The molecule has 0 bridgehead atoms. The van der Waals surface area contributed by atoms with Crippen molar-refractivity contribution in [3.05, 3.63) is 35.4 Å². The van der Waals surface area contributed by atoms with Crippen LogP contribution in [0, 0.1) is 0 Å². The maximum Gasteiger partial charge on any atom is 0.144 e. The summed E-state index contributed by atoms with van der Waals surface area (Å²) in [7, 11) is 3.24. The number of rotatable bonds is 6. The number of nitrogens with zero attached hydrogens (tertiary/aromatic N) is 2. The van der Waals surface area contributed by atoms with Gasteiger partial charge < -0.3 is 15.0 Å². The first kappa shape index (κ1) is 16.1. The van der Waals surface area contributed by atoms with Crippen molar-refractivity contribution in [1.82, 2.24) is 5.32 Å². The molecule has 0 aliphatic carbocycles. The van der Waals surface area contributed by atoms with Crippen molar-refractivity contribution in [1.29, 1.82) is 0 Å². The van der Waals surface area contributed by atoms with Crippen molar-refractivity contribution in [2.75, 3.05) is 14.2 Å². The highest BCUT2D eigenvalue weighted by molar-refractivity contribution is 7.82. The zero-order chi connectivity index (χ0) is 15.0. The molecule has 20 heavy (non-hydrogen) atoms. The molecule has 0 unspecified atom stereocenters. The van der Waals surface area contributed by atoms with Crippen molar-refractivity contribution in [2.45, 2.75) is 20.5 Å². The molecule has 0 saturated heterocycles. The number of nitrogens with one attached hydrogen (secondary N) is 1. The summed E-state index contributed by atoms with van der Waals surface area (Å²) in [5.41, 5.74) is 3.23. The Labute approximate surface area is 124 Å². The fourth-order valence-electron chi connectivity index (χ4n) is 1.53. The minimum atomic E-state index is 0.344. The van der Waals surface area contributed by atoms with E-state index in [1.54, 1.807) is 7.05 Å². The van der Waals surface area contributed by atoms with Crippen molar-refractivity contribution >= 4 is 28.6 Å². The summed E-state index contributed by atoms with van der Waals surface area (Å²) in [4.78, 5) is 10.7. The molecule has 5 nitrogen and oxygen atoms in total. The molecule has 0 radical (unpaired) electrons. The normalized spacial score (nSPS) is 10.7. The summed E-state index contributed by atoms with van der Waals surface area (Å²) >= 11 is 5.25. The van der Waals surface area contributed by atoms with Crippen LogP contribution in [-0.2, 0) is 16.3 Å². The lowest BCUT2D eigenvalue weighted by molar-refractivity contribution is 0.130. The molecule has 0 spiro atoms. The molecule has 1 N–H and O–H groups in total. The lowest BCUT2D eigenvalue weighted by Crippen LogP contribution is -2.27. The van der Waals surface area contributed by atoms with Gasteiger partial charge in [0.05, 0.1) is 5.71 Å². The lowest BCUT2D eigenvalue weighted by atomic mass is 10.0. The molecule has 6 heteroatoms. The molecule has 0 saturated carbocycles. The van der Waals surface area contributed by atoms with E-state index in [9.17, 15) is 0 Å². The molecule has 0 aliphatic heterocycles. The minimum Gasteiger partial charge on any atom is -0.399 e. The largest absolute Gasteiger partial charge is 0.399 e. The molecule has 0 amide bonds. The Morgan fingerprint density at radius 1 is 1.25 bits per heavy atom. The van der Waals surface area contributed by atoms with Crippen LogP contribution in [0.4, 0.5) is 0 Å². The molecule has 1 rings (SSSR count). The third kappa shape index (κ3) is 4.62. The van der Waals surface area contributed by atoms with Gasteiger partial charge in [0.25, 0.3) is 0 Å². The van der Waals surface area contributed by atoms with Crippen LogP contribution in [0.5, 0.6) is 0 Å². The van der Waals surface area contributed by atoms with Crippen molar-refractivity contribution < 1.29 is 9.68 Å². The second-order valence-electron chi connectivity index (χ2n) is 4.17. The highest BCUT2D eigenvalue weighted by Crippen LogP contribution is 2.13.